The Balaban J connectivity index is 0.00000140. The third kappa shape index (κ3) is 3.46. The summed E-state index contributed by atoms with van der Waals surface area (Å²) in [6.45, 7) is 0.814. The molecule has 2 heterocycles. The Kier molecular flexibility index (Phi) is 6.07. The minimum atomic E-state index is -1.40. The molecule has 0 bridgehead atoms. The summed E-state index contributed by atoms with van der Waals surface area (Å²) in [7, 11) is 0. The summed E-state index contributed by atoms with van der Waals surface area (Å²) in [6, 6.07) is 0.715. The molecule has 1 aromatic heterocycles. The molecule has 2 fully saturated rings. The van der Waals surface area contributed by atoms with E-state index in [4.69, 9.17) is 5.73 Å². The molecule has 1 aliphatic carbocycles. The first kappa shape index (κ1) is 21.7. The van der Waals surface area contributed by atoms with Gasteiger partial charge in [0.15, 0.2) is 5.82 Å². The zero-order valence-electron chi connectivity index (χ0n) is 15.0. The average molecular weight is 399 g/mol. The standard InChI is InChI=1S/C18H19F2N3O3.2H2O/c19-13-6-11-15(14(20)16(13)22-5-1-2-9(21)7-22)23(10-3-4-10)8-12(17(11)24)18(25)26;;/h6,8-10H,1-5,7,21H2,(H,25,26);2*1H2. The lowest BCUT2D eigenvalue weighted by atomic mass is 10.0. The summed E-state index contributed by atoms with van der Waals surface area (Å²) in [5, 5.41) is 9.02. The zero-order valence-corrected chi connectivity index (χ0v) is 15.0. The van der Waals surface area contributed by atoms with Gasteiger partial charge in [-0.3, -0.25) is 4.79 Å². The van der Waals surface area contributed by atoms with Crippen LogP contribution in [-0.4, -0.2) is 45.7 Å². The van der Waals surface area contributed by atoms with Crippen molar-refractivity contribution >= 4 is 22.6 Å². The second-order valence-corrected chi connectivity index (χ2v) is 7.08. The average Bonchev–Trinajstić information content (AvgIpc) is 3.40. The van der Waals surface area contributed by atoms with Crippen molar-refractivity contribution in [3.8, 4) is 0 Å². The second kappa shape index (κ2) is 7.82. The van der Waals surface area contributed by atoms with Gasteiger partial charge >= 0.3 is 5.97 Å². The number of benzene rings is 1. The summed E-state index contributed by atoms with van der Waals surface area (Å²) in [5.41, 5.74) is 4.37. The van der Waals surface area contributed by atoms with Crippen molar-refractivity contribution in [1.29, 1.82) is 0 Å². The van der Waals surface area contributed by atoms with Crippen LogP contribution in [0.1, 0.15) is 42.1 Å². The normalized spacial score (nSPS) is 19.1. The number of pyridine rings is 1. The molecular formula is C18H23F2N3O5. The first-order valence-corrected chi connectivity index (χ1v) is 8.69. The third-order valence-electron chi connectivity index (χ3n) is 5.13. The quantitative estimate of drug-likeness (QED) is 0.774. The smallest absolute Gasteiger partial charge is 0.341 e. The molecule has 8 nitrogen and oxygen atoms in total. The topological polar surface area (TPSA) is 152 Å². The number of hydrogen-bond donors (Lipinski definition) is 2. The molecule has 1 saturated carbocycles. The van der Waals surface area contributed by atoms with E-state index in [0.717, 1.165) is 31.7 Å². The molecular weight excluding hydrogens is 376 g/mol. The van der Waals surface area contributed by atoms with Crippen molar-refractivity contribution in [3.63, 3.8) is 0 Å². The Hall–Kier alpha value is -2.56. The largest absolute Gasteiger partial charge is 0.477 e. The molecule has 0 amide bonds. The van der Waals surface area contributed by atoms with Crippen LogP contribution >= 0.6 is 0 Å². The van der Waals surface area contributed by atoms with Crippen LogP contribution in [0.5, 0.6) is 0 Å². The van der Waals surface area contributed by atoms with Crippen molar-refractivity contribution in [1.82, 2.24) is 4.57 Å². The van der Waals surface area contributed by atoms with Crippen LogP contribution in [0.3, 0.4) is 0 Å². The van der Waals surface area contributed by atoms with E-state index in [2.05, 4.69) is 0 Å². The van der Waals surface area contributed by atoms with Gasteiger partial charge in [0.25, 0.3) is 0 Å². The molecule has 1 saturated heterocycles. The van der Waals surface area contributed by atoms with E-state index in [1.54, 1.807) is 4.90 Å². The fourth-order valence-electron chi connectivity index (χ4n) is 3.73. The van der Waals surface area contributed by atoms with E-state index >= 15 is 4.39 Å². The maximum absolute atomic E-state index is 15.4. The predicted octanol–water partition coefficient (Wildman–Crippen LogP) is 0.591. The number of piperidine rings is 1. The molecule has 2 aromatic rings. The highest BCUT2D eigenvalue weighted by atomic mass is 19.1. The number of carbonyl (C=O) groups is 1. The highest BCUT2D eigenvalue weighted by molar-refractivity contribution is 5.94. The van der Waals surface area contributed by atoms with Gasteiger partial charge in [-0.1, -0.05) is 0 Å². The summed E-state index contributed by atoms with van der Waals surface area (Å²) in [4.78, 5) is 25.4. The van der Waals surface area contributed by atoms with Gasteiger partial charge in [-0.15, -0.1) is 0 Å². The Bertz CT molecular complexity index is 974. The number of nitrogens with zero attached hydrogens (tertiary/aromatic N) is 2. The maximum Gasteiger partial charge on any atom is 0.341 e. The number of carboxylic acids is 1. The van der Waals surface area contributed by atoms with E-state index in [1.165, 1.54) is 10.8 Å². The number of aromatic nitrogens is 1. The maximum atomic E-state index is 15.4. The monoisotopic (exact) mass is 399 g/mol. The van der Waals surface area contributed by atoms with Crippen molar-refractivity contribution in [3.05, 3.63) is 39.7 Å². The highest BCUT2D eigenvalue weighted by Crippen LogP contribution is 2.39. The van der Waals surface area contributed by atoms with Crippen molar-refractivity contribution in [2.75, 3.05) is 18.0 Å². The van der Waals surface area contributed by atoms with E-state index < -0.39 is 28.6 Å². The summed E-state index contributed by atoms with van der Waals surface area (Å²) >= 11 is 0. The van der Waals surface area contributed by atoms with E-state index in [9.17, 15) is 19.1 Å². The molecule has 1 aliphatic heterocycles. The number of rotatable bonds is 3. The van der Waals surface area contributed by atoms with Gasteiger partial charge in [0.2, 0.25) is 5.43 Å². The van der Waals surface area contributed by atoms with Crippen molar-refractivity contribution < 1.29 is 29.6 Å². The molecule has 10 heteroatoms. The molecule has 2 aliphatic rings. The lowest BCUT2D eigenvalue weighted by Gasteiger charge is -2.33. The first-order chi connectivity index (χ1) is 12.4. The van der Waals surface area contributed by atoms with Crippen LogP contribution in [0, 0.1) is 11.6 Å². The summed E-state index contributed by atoms with van der Waals surface area (Å²) in [5.74, 6) is -3.10. The number of anilines is 1. The van der Waals surface area contributed by atoms with Crippen molar-refractivity contribution in [2.24, 2.45) is 5.73 Å². The minimum absolute atomic E-state index is 0. The SMILES string of the molecule is NC1CCCN(c2c(F)cc3c(=O)c(C(=O)O)cn(C4CC4)c3c2F)C1.O.O. The lowest BCUT2D eigenvalue weighted by Crippen LogP contribution is -2.43. The summed E-state index contributed by atoms with van der Waals surface area (Å²) < 4.78 is 31.6. The highest BCUT2D eigenvalue weighted by Gasteiger charge is 2.31. The molecule has 1 atom stereocenters. The molecule has 28 heavy (non-hydrogen) atoms. The van der Waals surface area contributed by atoms with E-state index in [-0.39, 0.29) is 39.6 Å². The molecule has 0 spiro atoms. The lowest BCUT2D eigenvalue weighted by molar-refractivity contribution is 0.0694. The Labute approximate surface area is 158 Å². The van der Waals surface area contributed by atoms with Crippen LogP contribution < -0.4 is 16.1 Å². The predicted molar refractivity (Wildman–Crippen MR) is 100 cm³/mol. The Morgan fingerprint density at radius 3 is 2.46 bits per heavy atom. The molecule has 0 radical (unpaired) electrons. The summed E-state index contributed by atoms with van der Waals surface area (Å²) in [6.07, 6.45) is 4.22. The van der Waals surface area contributed by atoms with Gasteiger partial charge in [-0.25, -0.2) is 13.6 Å². The molecule has 1 unspecified atom stereocenters. The fraction of sp³-hybridized carbons (Fsp3) is 0.444. The number of carboxylic acid groups (broad SMARTS) is 1. The van der Waals surface area contributed by atoms with Crippen LogP contribution in [0.4, 0.5) is 14.5 Å². The fourth-order valence-corrected chi connectivity index (χ4v) is 3.73. The second-order valence-electron chi connectivity index (χ2n) is 7.08. The van der Waals surface area contributed by atoms with Crippen molar-refractivity contribution in [2.45, 2.75) is 37.8 Å². The minimum Gasteiger partial charge on any atom is -0.477 e. The van der Waals surface area contributed by atoms with Crippen LogP contribution in [-0.2, 0) is 0 Å². The van der Waals surface area contributed by atoms with Crippen LogP contribution in [0.2, 0.25) is 0 Å². The molecule has 7 N–H and O–H groups in total. The number of halogens is 2. The third-order valence-corrected chi connectivity index (χ3v) is 5.13. The molecule has 154 valence electrons. The number of fused-ring (bicyclic) bond motifs is 1. The van der Waals surface area contributed by atoms with Gasteiger partial charge in [0.1, 0.15) is 17.1 Å². The van der Waals surface area contributed by atoms with Gasteiger partial charge < -0.3 is 31.3 Å². The van der Waals surface area contributed by atoms with Crippen LogP contribution in [0.25, 0.3) is 10.9 Å². The molecule has 1 aromatic carbocycles. The van der Waals surface area contributed by atoms with Gasteiger partial charge in [-0.05, 0) is 31.7 Å². The zero-order chi connectivity index (χ0) is 18.6. The van der Waals surface area contributed by atoms with Gasteiger partial charge in [0, 0.05) is 31.4 Å². The van der Waals surface area contributed by atoms with Crippen LogP contribution in [0.15, 0.2) is 17.1 Å². The first-order valence-electron chi connectivity index (χ1n) is 8.69. The Morgan fingerprint density at radius 2 is 1.89 bits per heavy atom. The van der Waals surface area contributed by atoms with Gasteiger partial charge in [0.05, 0.1) is 10.9 Å². The number of aromatic carboxylic acids is 1. The van der Waals surface area contributed by atoms with E-state index in [1.807, 2.05) is 0 Å². The van der Waals surface area contributed by atoms with E-state index in [0.29, 0.717) is 13.1 Å². The molecule has 4 rings (SSSR count). The number of hydrogen-bond acceptors (Lipinski definition) is 4. The number of nitrogens with two attached hydrogens (primary N) is 1. The Morgan fingerprint density at radius 1 is 1.21 bits per heavy atom. The van der Waals surface area contributed by atoms with Gasteiger partial charge in [-0.2, -0.15) is 0 Å².